The van der Waals surface area contributed by atoms with Crippen LogP contribution in [0, 0.1) is 0 Å². The average molecular weight is 274 g/mol. The molecular weight excluding hydrogens is 256 g/mol. The highest BCUT2D eigenvalue weighted by Crippen LogP contribution is 2.05. The van der Waals surface area contributed by atoms with Crippen molar-refractivity contribution in [3.8, 4) is 5.82 Å². The van der Waals surface area contributed by atoms with Gasteiger partial charge in [0.1, 0.15) is 5.69 Å². The number of pyridine rings is 1. The Morgan fingerprint density at radius 2 is 2.30 bits per heavy atom. The van der Waals surface area contributed by atoms with Crippen LogP contribution in [-0.2, 0) is 0 Å². The Hall–Kier alpha value is -2.21. The molecule has 0 aliphatic rings. The third-order valence-corrected chi connectivity index (χ3v) is 2.88. The van der Waals surface area contributed by atoms with Crippen molar-refractivity contribution in [2.24, 2.45) is 0 Å². The van der Waals surface area contributed by atoms with Crippen LogP contribution in [0.2, 0.25) is 0 Å². The van der Waals surface area contributed by atoms with Crippen molar-refractivity contribution in [2.45, 2.75) is 25.8 Å². The van der Waals surface area contributed by atoms with Crippen LogP contribution < -0.4 is 5.32 Å². The number of hydrogen-bond acceptors (Lipinski definition) is 4. The first-order chi connectivity index (χ1) is 9.70. The first-order valence-corrected chi connectivity index (χ1v) is 6.59. The molecule has 0 bridgehead atoms. The van der Waals surface area contributed by atoms with Crippen molar-refractivity contribution in [2.75, 3.05) is 6.61 Å². The summed E-state index contributed by atoms with van der Waals surface area (Å²) in [7, 11) is 0. The topological polar surface area (TPSA) is 80.0 Å². The number of carbonyl (C=O) groups is 1. The first-order valence-electron chi connectivity index (χ1n) is 6.59. The molecule has 2 aromatic rings. The maximum Gasteiger partial charge on any atom is 0.270 e. The van der Waals surface area contributed by atoms with Gasteiger partial charge in [0.15, 0.2) is 5.82 Å². The normalized spacial score (nSPS) is 12.1. The van der Waals surface area contributed by atoms with E-state index in [0.717, 1.165) is 6.42 Å². The molecule has 0 spiro atoms. The predicted octanol–water partition coefficient (Wildman–Crippen LogP) is 1.16. The monoisotopic (exact) mass is 274 g/mol. The Morgan fingerprint density at radius 3 is 3.00 bits per heavy atom. The number of carbonyl (C=O) groups excluding carboxylic acids is 1. The predicted molar refractivity (Wildman–Crippen MR) is 74.6 cm³/mol. The van der Waals surface area contributed by atoms with E-state index in [1.165, 1.54) is 0 Å². The van der Waals surface area contributed by atoms with Crippen LogP contribution in [-0.4, -0.2) is 38.4 Å². The molecule has 6 heteroatoms. The van der Waals surface area contributed by atoms with E-state index in [2.05, 4.69) is 15.4 Å². The summed E-state index contributed by atoms with van der Waals surface area (Å²) in [6.07, 6.45) is 4.84. The van der Waals surface area contributed by atoms with E-state index in [-0.39, 0.29) is 18.6 Å². The molecule has 1 atom stereocenters. The second kappa shape index (κ2) is 6.81. The largest absolute Gasteiger partial charge is 0.396 e. The number of rotatable bonds is 6. The van der Waals surface area contributed by atoms with Crippen molar-refractivity contribution < 1.29 is 9.90 Å². The number of nitrogens with zero attached hydrogens (tertiary/aromatic N) is 3. The zero-order valence-electron chi connectivity index (χ0n) is 11.4. The number of amides is 1. The van der Waals surface area contributed by atoms with Crippen molar-refractivity contribution >= 4 is 5.91 Å². The van der Waals surface area contributed by atoms with E-state index >= 15 is 0 Å². The van der Waals surface area contributed by atoms with Gasteiger partial charge >= 0.3 is 0 Å². The van der Waals surface area contributed by atoms with Gasteiger partial charge in [0.25, 0.3) is 5.91 Å². The van der Waals surface area contributed by atoms with E-state index in [1.54, 1.807) is 41.3 Å². The van der Waals surface area contributed by atoms with Crippen LogP contribution in [0.1, 0.15) is 30.3 Å². The van der Waals surface area contributed by atoms with Crippen LogP contribution in [0.4, 0.5) is 0 Å². The summed E-state index contributed by atoms with van der Waals surface area (Å²) >= 11 is 0. The van der Waals surface area contributed by atoms with Gasteiger partial charge in [-0.1, -0.05) is 6.07 Å². The van der Waals surface area contributed by atoms with Crippen molar-refractivity contribution in [3.63, 3.8) is 0 Å². The summed E-state index contributed by atoms with van der Waals surface area (Å²) < 4.78 is 1.60. The molecule has 106 valence electrons. The number of hydrogen-bond donors (Lipinski definition) is 2. The Bertz CT molecular complexity index is 554. The first kappa shape index (κ1) is 14.2. The molecule has 0 aliphatic carbocycles. The molecular formula is C14H18N4O2. The minimum atomic E-state index is -0.218. The van der Waals surface area contributed by atoms with E-state index in [0.29, 0.717) is 17.9 Å². The van der Waals surface area contributed by atoms with E-state index < -0.39 is 0 Å². The van der Waals surface area contributed by atoms with Gasteiger partial charge in [0.2, 0.25) is 0 Å². The lowest BCUT2D eigenvalue weighted by Gasteiger charge is -2.13. The highest BCUT2D eigenvalue weighted by molar-refractivity contribution is 5.92. The van der Waals surface area contributed by atoms with Gasteiger partial charge in [0, 0.05) is 25.0 Å². The van der Waals surface area contributed by atoms with Crippen molar-refractivity contribution in [3.05, 3.63) is 42.4 Å². The lowest BCUT2D eigenvalue weighted by atomic mass is 10.2. The molecule has 6 nitrogen and oxygen atoms in total. The fraction of sp³-hybridized carbons (Fsp3) is 0.357. The molecule has 0 aromatic carbocycles. The van der Waals surface area contributed by atoms with Crippen LogP contribution in [0.25, 0.3) is 5.82 Å². The Labute approximate surface area is 117 Å². The zero-order chi connectivity index (χ0) is 14.4. The molecule has 20 heavy (non-hydrogen) atoms. The molecule has 2 aromatic heterocycles. The van der Waals surface area contributed by atoms with Gasteiger partial charge in [-0.25, -0.2) is 9.67 Å². The average Bonchev–Trinajstić information content (AvgIpc) is 2.99. The molecule has 1 amide bonds. The SMILES string of the molecule is CC(CCCO)NC(=O)c1cccc(-n2cccn2)n1. The van der Waals surface area contributed by atoms with Crippen LogP contribution in [0.5, 0.6) is 0 Å². The maximum absolute atomic E-state index is 12.1. The van der Waals surface area contributed by atoms with Gasteiger partial charge < -0.3 is 10.4 Å². The summed E-state index contributed by atoms with van der Waals surface area (Å²) in [4.78, 5) is 16.4. The molecule has 2 rings (SSSR count). The Balaban J connectivity index is 2.05. The molecule has 2 heterocycles. The number of aliphatic hydroxyl groups excluding tert-OH is 1. The Morgan fingerprint density at radius 1 is 1.45 bits per heavy atom. The zero-order valence-corrected chi connectivity index (χ0v) is 11.4. The molecule has 1 unspecified atom stereocenters. The number of aliphatic hydroxyl groups is 1. The molecule has 0 radical (unpaired) electrons. The summed E-state index contributed by atoms with van der Waals surface area (Å²) in [5, 5.41) is 15.7. The highest BCUT2D eigenvalue weighted by atomic mass is 16.3. The highest BCUT2D eigenvalue weighted by Gasteiger charge is 2.11. The summed E-state index contributed by atoms with van der Waals surface area (Å²) in [6.45, 7) is 2.04. The van der Waals surface area contributed by atoms with Gasteiger partial charge in [-0.3, -0.25) is 4.79 Å². The third kappa shape index (κ3) is 3.64. The second-order valence-corrected chi connectivity index (χ2v) is 4.57. The van der Waals surface area contributed by atoms with E-state index in [9.17, 15) is 4.79 Å². The minimum absolute atomic E-state index is 0.00445. The lowest BCUT2D eigenvalue weighted by molar-refractivity contribution is 0.0931. The summed E-state index contributed by atoms with van der Waals surface area (Å²) in [5.41, 5.74) is 0.355. The van der Waals surface area contributed by atoms with E-state index in [4.69, 9.17) is 5.11 Å². The van der Waals surface area contributed by atoms with Crippen LogP contribution in [0.15, 0.2) is 36.7 Å². The third-order valence-electron chi connectivity index (χ3n) is 2.88. The fourth-order valence-corrected chi connectivity index (χ4v) is 1.85. The van der Waals surface area contributed by atoms with Crippen molar-refractivity contribution in [1.29, 1.82) is 0 Å². The lowest BCUT2D eigenvalue weighted by Crippen LogP contribution is -2.33. The van der Waals surface area contributed by atoms with Gasteiger partial charge in [-0.2, -0.15) is 5.10 Å². The Kier molecular flexibility index (Phi) is 4.84. The number of aromatic nitrogens is 3. The van der Waals surface area contributed by atoms with Crippen molar-refractivity contribution in [1.82, 2.24) is 20.1 Å². The summed E-state index contributed by atoms with van der Waals surface area (Å²) in [5.74, 6) is 0.384. The van der Waals surface area contributed by atoms with Gasteiger partial charge in [-0.05, 0) is 38.0 Å². The van der Waals surface area contributed by atoms with E-state index in [1.807, 2.05) is 6.92 Å². The number of nitrogens with one attached hydrogen (secondary N) is 1. The van der Waals surface area contributed by atoms with Crippen LogP contribution >= 0.6 is 0 Å². The van der Waals surface area contributed by atoms with Crippen LogP contribution in [0.3, 0.4) is 0 Å². The smallest absolute Gasteiger partial charge is 0.270 e. The standard InChI is InChI=1S/C14H18N4O2/c1-11(5-3-10-19)16-14(20)12-6-2-7-13(17-12)18-9-4-8-15-18/h2,4,6-9,11,19H,3,5,10H2,1H3,(H,16,20). The summed E-state index contributed by atoms with van der Waals surface area (Å²) in [6, 6.07) is 7.03. The quantitative estimate of drug-likeness (QED) is 0.828. The molecule has 0 saturated carbocycles. The maximum atomic E-state index is 12.1. The van der Waals surface area contributed by atoms with Gasteiger partial charge in [0.05, 0.1) is 0 Å². The molecule has 0 aliphatic heterocycles. The van der Waals surface area contributed by atoms with Gasteiger partial charge in [-0.15, -0.1) is 0 Å². The fourth-order valence-electron chi connectivity index (χ4n) is 1.85. The molecule has 0 fully saturated rings. The second-order valence-electron chi connectivity index (χ2n) is 4.57. The minimum Gasteiger partial charge on any atom is -0.396 e. The molecule has 0 saturated heterocycles. The molecule has 2 N–H and O–H groups in total.